The van der Waals surface area contributed by atoms with Crippen molar-refractivity contribution in [2.24, 2.45) is 0 Å². The van der Waals surface area contributed by atoms with Crippen LogP contribution in [0.5, 0.6) is 0 Å². The Bertz CT molecular complexity index is 564. The van der Waals surface area contributed by atoms with Crippen LogP contribution in [0.4, 0.5) is 0 Å². The Balaban J connectivity index is 2.30. The predicted molar refractivity (Wildman–Crippen MR) is 88.6 cm³/mol. The largest absolute Gasteiger partial charge is 0.310 e. The lowest BCUT2D eigenvalue weighted by molar-refractivity contribution is 0.537. The molecule has 2 aromatic carbocycles. The van der Waals surface area contributed by atoms with Gasteiger partial charge in [0, 0.05) is 21.7 Å². The monoisotopic (exact) mass is 307 g/mol. The standard InChI is InChI=1S/C17H19Cl2N/c1-3-17(20-4-2)13-7-5-12(6-8-13)15-11-14(18)9-10-16(15)19/h5-11,17,20H,3-4H2,1-2H3. The van der Waals surface area contributed by atoms with Crippen molar-refractivity contribution in [3.63, 3.8) is 0 Å². The molecule has 2 aromatic rings. The zero-order valence-corrected chi connectivity index (χ0v) is 13.3. The van der Waals surface area contributed by atoms with Gasteiger partial charge in [0.15, 0.2) is 0 Å². The van der Waals surface area contributed by atoms with Gasteiger partial charge in [-0.2, -0.15) is 0 Å². The summed E-state index contributed by atoms with van der Waals surface area (Å²) in [5, 5.41) is 4.91. The van der Waals surface area contributed by atoms with E-state index >= 15 is 0 Å². The van der Waals surface area contributed by atoms with Crippen LogP contribution in [0.15, 0.2) is 42.5 Å². The Labute approximate surface area is 130 Å². The van der Waals surface area contributed by atoms with E-state index in [-0.39, 0.29) is 0 Å². The lowest BCUT2D eigenvalue weighted by atomic mass is 9.99. The third-order valence-electron chi connectivity index (χ3n) is 3.41. The fourth-order valence-electron chi connectivity index (χ4n) is 2.36. The molecule has 1 nitrogen and oxygen atoms in total. The van der Waals surface area contributed by atoms with Gasteiger partial charge in [0.05, 0.1) is 0 Å². The highest BCUT2D eigenvalue weighted by atomic mass is 35.5. The van der Waals surface area contributed by atoms with Crippen molar-refractivity contribution in [2.75, 3.05) is 6.54 Å². The third-order valence-corrected chi connectivity index (χ3v) is 3.98. The molecule has 0 aromatic heterocycles. The van der Waals surface area contributed by atoms with Gasteiger partial charge >= 0.3 is 0 Å². The molecule has 0 bridgehead atoms. The minimum absolute atomic E-state index is 0.406. The SMILES string of the molecule is CCNC(CC)c1ccc(-c2cc(Cl)ccc2Cl)cc1. The topological polar surface area (TPSA) is 12.0 Å². The summed E-state index contributed by atoms with van der Waals surface area (Å²) in [5.41, 5.74) is 3.37. The fraction of sp³-hybridized carbons (Fsp3) is 0.294. The van der Waals surface area contributed by atoms with E-state index in [0.29, 0.717) is 11.1 Å². The van der Waals surface area contributed by atoms with Gasteiger partial charge in [-0.1, -0.05) is 61.3 Å². The molecule has 20 heavy (non-hydrogen) atoms. The first-order valence-corrected chi connectivity index (χ1v) is 7.70. The molecule has 0 saturated heterocycles. The van der Waals surface area contributed by atoms with E-state index in [4.69, 9.17) is 23.2 Å². The highest BCUT2D eigenvalue weighted by molar-refractivity contribution is 6.35. The first-order chi connectivity index (χ1) is 9.65. The van der Waals surface area contributed by atoms with Crippen molar-refractivity contribution in [1.82, 2.24) is 5.32 Å². The number of hydrogen-bond acceptors (Lipinski definition) is 1. The second-order valence-electron chi connectivity index (χ2n) is 4.76. The quantitative estimate of drug-likeness (QED) is 0.744. The van der Waals surface area contributed by atoms with E-state index in [1.54, 1.807) is 6.07 Å². The van der Waals surface area contributed by atoms with Crippen LogP contribution in [0.25, 0.3) is 11.1 Å². The fourth-order valence-corrected chi connectivity index (χ4v) is 2.76. The van der Waals surface area contributed by atoms with E-state index in [2.05, 4.69) is 43.4 Å². The Morgan fingerprint density at radius 1 is 1.00 bits per heavy atom. The van der Waals surface area contributed by atoms with E-state index in [1.807, 2.05) is 12.1 Å². The average Bonchev–Trinajstić information content (AvgIpc) is 2.47. The van der Waals surface area contributed by atoms with E-state index in [1.165, 1.54) is 5.56 Å². The zero-order valence-electron chi connectivity index (χ0n) is 11.8. The van der Waals surface area contributed by atoms with Crippen molar-refractivity contribution >= 4 is 23.2 Å². The summed E-state index contributed by atoms with van der Waals surface area (Å²) in [5.74, 6) is 0. The van der Waals surface area contributed by atoms with Crippen LogP contribution < -0.4 is 5.32 Å². The molecule has 0 aliphatic heterocycles. The van der Waals surface area contributed by atoms with Crippen LogP contribution in [0.3, 0.4) is 0 Å². The number of benzene rings is 2. The van der Waals surface area contributed by atoms with Gasteiger partial charge in [-0.15, -0.1) is 0 Å². The molecular formula is C17H19Cl2N. The molecule has 2 rings (SSSR count). The molecule has 0 aliphatic carbocycles. The molecule has 3 heteroatoms. The molecule has 0 saturated carbocycles. The van der Waals surface area contributed by atoms with Gasteiger partial charge in [0.25, 0.3) is 0 Å². The van der Waals surface area contributed by atoms with Gasteiger partial charge in [-0.05, 0) is 42.3 Å². The van der Waals surface area contributed by atoms with Gasteiger partial charge in [0.1, 0.15) is 0 Å². The second-order valence-corrected chi connectivity index (χ2v) is 5.61. The smallest absolute Gasteiger partial charge is 0.0485 e. The Morgan fingerprint density at radius 2 is 1.70 bits per heavy atom. The van der Waals surface area contributed by atoms with Gasteiger partial charge in [-0.3, -0.25) is 0 Å². The molecule has 0 spiro atoms. The average molecular weight is 308 g/mol. The highest BCUT2D eigenvalue weighted by Crippen LogP contribution is 2.31. The lowest BCUT2D eigenvalue weighted by Gasteiger charge is -2.16. The van der Waals surface area contributed by atoms with Crippen LogP contribution >= 0.6 is 23.2 Å². The van der Waals surface area contributed by atoms with Crippen LogP contribution in [-0.4, -0.2) is 6.54 Å². The second kappa shape index (κ2) is 7.12. The zero-order chi connectivity index (χ0) is 14.5. The first kappa shape index (κ1) is 15.4. The molecule has 106 valence electrons. The van der Waals surface area contributed by atoms with E-state index in [9.17, 15) is 0 Å². The maximum atomic E-state index is 6.24. The van der Waals surface area contributed by atoms with Crippen LogP contribution in [0.2, 0.25) is 10.0 Å². The van der Waals surface area contributed by atoms with Gasteiger partial charge in [-0.25, -0.2) is 0 Å². The predicted octanol–water partition coefficient (Wildman–Crippen LogP) is 5.72. The first-order valence-electron chi connectivity index (χ1n) is 6.94. The lowest BCUT2D eigenvalue weighted by Crippen LogP contribution is -2.19. The molecule has 0 heterocycles. The third kappa shape index (κ3) is 3.54. The minimum Gasteiger partial charge on any atom is -0.310 e. The minimum atomic E-state index is 0.406. The number of nitrogens with one attached hydrogen (secondary N) is 1. The summed E-state index contributed by atoms with van der Waals surface area (Å²) in [6.07, 6.45) is 1.07. The van der Waals surface area contributed by atoms with Crippen LogP contribution in [0, 0.1) is 0 Å². The van der Waals surface area contributed by atoms with E-state index < -0.39 is 0 Å². The van der Waals surface area contributed by atoms with Crippen LogP contribution in [0.1, 0.15) is 31.9 Å². The van der Waals surface area contributed by atoms with Gasteiger partial charge in [0.2, 0.25) is 0 Å². The normalized spacial score (nSPS) is 12.4. The Hall–Kier alpha value is -1.02. The maximum Gasteiger partial charge on any atom is 0.0485 e. The van der Waals surface area contributed by atoms with Crippen molar-refractivity contribution in [3.05, 3.63) is 58.1 Å². The number of halogens is 2. The van der Waals surface area contributed by atoms with Crippen molar-refractivity contribution in [3.8, 4) is 11.1 Å². The number of hydrogen-bond donors (Lipinski definition) is 1. The summed E-state index contributed by atoms with van der Waals surface area (Å²) >= 11 is 12.3. The molecule has 1 unspecified atom stereocenters. The van der Waals surface area contributed by atoms with Crippen molar-refractivity contribution in [2.45, 2.75) is 26.3 Å². The molecule has 0 amide bonds. The molecular weight excluding hydrogens is 289 g/mol. The molecule has 1 N–H and O–H groups in total. The molecule has 0 aliphatic rings. The summed E-state index contributed by atoms with van der Waals surface area (Å²) < 4.78 is 0. The summed E-state index contributed by atoms with van der Waals surface area (Å²) in [7, 11) is 0. The molecule has 1 atom stereocenters. The summed E-state index contributed by atoms with van der Waals surface area (Å²) in [6.45, 7) is 5.29. The molecule has 0 fully saturated rings. The molecule has 0 radical (unpaired) electrons. The van der Waals surface area contributed by atoms with Gasteiger partial charge < -0.3 is 5.32 Å². The summed E-state index contributed by atoms with van der Waals surface area (Å²) in [6, 6.07) is 14.5. The maximum absolute atomic E-state index is 6.24. The van der Waals surface area contributed by atoms with Crippen molar-refractivity contribution in [1.29, 1.82) is 0 Å². The Morgan fingerprint density at radius 3 is 2.30 bits per heavy atom. The van der Waals surface area contributed by atoms with E-state index in [0.717, 1.165) is 29.1 Å². The highest BCUT2D eigenvalue weighted by Gasteiger charge is 2.09. The van der Waals surface area contributed by atoms with Crippen LogP contribution in [-0.2, 0) is 0 Å². The Kier molecular flexibility index (Phi) is 5.47. The van der Waals surface area contributed by atoms with Crippen molar-refractivity contribution < 1.29 is 0 Å². The summed E-state index contributed by atoms with van der Waals surface area (Å²) in [4.78, 5) is 0. The number of rotatable bonds is 5.